The normalized spacial score (nSPS) is 15.0. The molecular weight excluding hydrogens is 164 g/mol. The second-order valence-electron chi connectivity index (χ2n) is 3.16. The van der Waals surface area contributed by atoms with Crippen LogP contribution >= 0.6 is 0 Å². The van der Waals surface area contributed by atoms with E-state index < -0.39 is 21.5 Å². The molecule has 0 aromatic heterocycles. The van der Waals surface area contributed by atoms with E-state index in [1.807, 2.05) is 0 Å². The van der Waals surface area contributed by atoms with Crippen LogP contribution < -0.4 is 0 Å². The van der Waals surface area contributed by atoms with Crippen LogP contribution in [0.15, 0.2) is 0 Å². The SMILES string of the molecule is CC(C)S(=O)C(C)(C)C(=O)O. The molecule has 0 saturated carbocycles. The summed E-state index contributed by atoms with van der Waals surface area (Å²) in [4.78, 5) is 10.6. The van der Waals surface area contributed by atoms with E-state index in [0.717, 1.165) is 0 Å². The number of hydrogen-bond donors (Lipinski definition) is 1. The Kier molecular flexibility index (Phi) is 3.23. The van der Waals surface area contributed by atoms with Crippen LogP contribution in [0.3, 0.4) is 0 Å². The van der Waals surface area contributed by atoms with E-state index in [-0.39, 0.29) is 5.25 Å². The lowest BCUT2D eigenvalue weighted by Crippen LogP contribution is -2.39. The molecule has 0 radical (unpaired) electrons. The highest BCUT2D eigenvalue weighted by atomic mass is 32.2. The van der Waals surface area contributed by atoms with Gasteiger partial charge in [0.15, 0.2) is 0 Å². The van der Waals surface area contributed by atoms with Gasteiger partial charge in [0.05, 0.1) is 0 Å². The highest BCUT2D eigenvalue weighted by molar-refractivity contribution is 7.87. The third-order valence-electron chi connectivity index (χ3n) is 1.45. The van der Waals surface area contributed by atoms with E-state index in [9.17, 15) is 9.00 Å². The quantitative estimate of drug-likeness (QED) is 0.701. The summed E-state index contributed by atoms with van der Waals surface area (Å²) in [5.41, 5.74) is 0. The van der Waals surface area contributed by atoms with Gasteiger partial charge in [-0.1, -0.05) is 13.8 Å². The Morgan fingerprint density at radius 2 is 1.82 bits per heavy atom. The van der Waals surface area contributed by atoms with Crippen molar-refractivity contribution in [2.75, 3.05) is 0 Å². The molecule has 0 aromatic carbocycles. The number of carboxylic acids is 1. The lowest BCUT2D eigenvalue weighted by molar-refractivity contribution is -0.139. The number of rotatable bonds is 3. The molecule has 1 N–H and O–H groups in total. The third kappa shape index (κ3) is 2.29. The number of aliphatic carboxylic acids is 1. The summed E-state index contributed by atoms with van der Waals surface area (Å²) < 4.78 is 10.2. The Labute approximate surface area is 69.3 Å². The predicted octanol–water partition coefficient (Wildman–Crippen LogP) is 1.01. The molecule has 1 unspecified atom stereocenters. The Hall–Kier alpha value is -0.380. The third-order valence-corrected chi connectivity index (χ3v) is 3.48. The summed E-state index contributed by atoms with van der Waals surface area (Å²) >= 11 is 0. The van der Waals surface area contributed by atoms with Gasteiger partial charge < -0.3 is 5.11 Å². The van der Waals surface area contributed by atoms with Crippen molar-refractivity contribution in [3.8, 4) is 0 Å². The average Bonchev–Trinajstić information content (AvgIpc) is 1.85. The fraction of sp³-hybridized carbons (Fsp3) is 0.857. The van der Waals surface area contributed by atoms with Gasteiger partial charge in [-0.25, -0.2) is 0 Å². The first-order chi connectivity index (χ1) is 4.80. The summed E-state index contributed by atoms with van der Waals surface area (Å²) in [6.45, 7) is 6.46. The van der Waals surface area contributed by atoms with E-state index in [4.69, 9.17) is 5.11 Å². The van der Waals surface area contributed by atoms with Gasteiger partial charge in [-0.05, 0) is 13.8 Å². The molecule has 0 amide bonds. The molecule has 0 aliphatic carbocycles. The molecule has 11 heavy (non-hydrogen) atoms. The number of hydrogen-bond acceptors (Lipinski definition) is 2. The fourth-order valence-corrected chi connectivity index (χ4v) is 2.03. The van der Waals surface area contributed by atoms with Crippen LogP contribution in [0.4, 0.5) is 0 Å². The van der Waals surface area contributed by atoms with Gasteiger partial charge in [-0.3, -0.25) is 9.00 Å². The lowest BCUT2D eigenvalue weighted by Gasteiger charge is -2.20. The van der Waals surface area contributed by atoms with E-state index in [2.05, 4.69) is 0 Å². The molecule has 0 aliphatic rings. The highest BCUT2D eigenvalue weighted by Gasteiger charge is 2.35. The van der Waals surface area contributed by atoms with Crippen molar-refractivity contribution in [3.05, 3.63) is 0 Å². The monoisotopic (exact) mass is 178 g/mol. The van der Waals surface area contributed by atoms with Crippen molar-refractivity contribution in [2.24, 2.45) is 0 Å². The van der Waals surface area contributed by atoms with Crippen molar-refractivity contribution in [3.63, 3.8) is 0 Å². The summed E-state index contributed by atoms with van der Waals surface area (Å²) in [7, 11) is -1.31. The minimum absolute atomic E-state index is 0.110. The smallest absolute Gasteiger partial charge is 0.321 e. The molecule has 0 aromatic rings. The molecule has 0 rings (SSSR count). The molecule has 1 atom stereocenters. The first-order valence-corrected chi connectivity index (χ1v) is 4.65. The van der Waals surface area contributed by atoms with Gasteiger partial charge >= 0.3 is 5.97 Å². The first kappa shape index (κ1) is 10.6. The summed E-state index contributed by atoms with van der Waals surface area (Å²) in [6.07, 6.45) is 0. The van der Waals surface area contributed by atoms with Crippen LogP contribution in [-0.4, -0.2) is 25.3 Å². The van der Waals surface area contributed by atoms with Gasteiger partial charge in [0.1, 0.15) is 4.75 Å². The molecule has 0 bridgehead atoms. The van der Waals surface area contributed by atoms with Gasteiger partial charge in [0.2, 0.25) is 0 Å². The molecule has 0 aliphatic heterocycles. The predicted molar refractivity (Wildman–Crippen MR) is 45.0 cm³/mol. The maximum Gasteiger partial charge on any atom is 0.321 e. The van der Waals surface area contributed by atoms with E-state index >= 15 is 0 Å². The Morgan fingerprint density at radius 1 is 1.45 bits per heavy atom. The number of carboxylic acid groups (broad SMARTS) is 1. The Balaban J connectivity index is 4.56. The zero-order valence-electron chi connectivity index (χ0n) is 7.25. The van der Waals surface area contributed by atoms with Gasteiger partial charge in [0, 0.05) is 16.0 Å². The van der Waals surface area contributed by atoms with E-state index in [1.165, 1.54) is 13.8 Å². The summed E-state index contributed by atoms with van der Waals surface area (Å²) in [5, 5.41) is 8.56. The molecule has 66 valence electrons. The van der Waals surface area contributed by atoms with Crippen molar-refractivity contribution in [1.29, 1.82) is 0 Å². The zero-order valence-corrected chi connectivity index (χ0v) is 8.07. The van der Waals surface area contributed by atoms with Crippen LogP contribution in [0, 0.1) is 0 Å². The fourth-order valence-electron chi connectivity index (χ4n) is 0.675. The van der Waals surface area contributed by atoms with Crippen LogP contribution in [0.1, 0.15) is 27.7 Å². The first-order valence-electron chi connectivity index (χ1n) is 3.44. The maximum absolute atomic E-state index is 11.3. The summed E-state index contributed by atoms with van der Waals surface area (Å²) in [5.74, 6) is -1.01. The maximum atomic E-state index is 11.3. The van der Waals surface area contributed by atoms with Crippen LogP contribution in [0.2, 0.25) is 0 Å². The van der Waals surface area contributed by atoms with E-state index in [1.54, 1.807) is 13.8 Å². The van der Waals surface area contributed by atoms with Crippen molar-refractivity contribution < 1.29 is 14.1 Å². The molecular formula is C7H14O3S. The Morgan fingerprint density at radius 3 is 1.91 bits per heavy atom. The van der Waals surface area contributed by atoms with Crippen LogP contribution in [0.5, 0.6) is 0 Å². The topological polar surface area (TPSA) is 54.4 Å². The Bertz CT molecular complexity index is 184. The average molecular weight is 178 g/mol. The molecule has 0 heterocycles. The second-order valence-corrected chi connectivity index (χ2v) is 5.72. The molecule has 0 saturated heterocycles. The van der Waals surface area contributed by atoms with Crippen molar-refractivity contribution in [1.82, 2.24) is 0 Å². The van der Waals surface area contributed by atoms with Crippen LogP contribution in [0.25, 0.3) is 0 Å². The van der Waals surface area contributed by atoms with Crippen molar-refractivity contribution >= 4 is 16.8 Å². The van der Waals surface area contributed by atoms with Crippen molar-refractivity contribution in [2.45, 2.75) is 37.7 Å². The standard InChI is InChI=1S/C7H14O3S/c1-5(2)11(10)7(3,4)6(8)9/h5H,1-4H3,(H,8,9). The summed E-state index contributed by atoms with van der Waals surface area (Å²) in [6, 6.07) is 0. The minimum atomic E-state index is -1.31. The molecule has 4 heteroatoms. The highest BCUT2D eigenvalue weighted by Crippen LogP contribution is 2.16. The second kappa shape index (κ2) is 3.34. The number of carbonyl (C=O) groups is 1. The minimum Gasteiger partial charge on any atom is -0.480 e. The van der Waals surface area contributed by atoms with Gasteiger partial charge in [0.25, 0.3) is 0 Å². The van der Waals surface area contributed by atoms with E-state index in [0.29, 0.717) is 0 Å². The van der Waals surface area contributed by atoms with Gasteiger partial charge in [-0.15, -0.1) is 0 Å². The molecule has 0 fully saturated rings. The van der Waals surface area contributed by atoms with Crippen LogP contribution in [-0.2, 0) is 15.6 Å². The zero-order chi connectivity index (χ0) is 9.23. The molecule has 3 nitrogen and oxygen atoms in total. The lowest BCUT2D eigenvalue weighted by atomic mass is 10.2. The molecule has 0 spiro atoms. The largest absolute Gasteiger partial charge is 0.480 e. The van der Waals surface area contributed by atoms with Gasteiger partial charge in [-0.2, -0.15) is 0 Å².